The molecule has 0 saturated heterocycles. The van der Waals surface area contributed by atoms with Crippen molar-refractivity contribution in [2.75, 3.05) is 18.5 Å². The monoisotopic (exact) mass is 362 g/mol. The van der Waals surface area contributed by atoms with E-state index in [1.54, 1.807) is 0 Å². The number of imide groups is 1. The molecule has 0 radical (unpaired) electrons. The molecule has 0 atom stereocenters. The summed E-state index contributed by atoms with van der Waals surface area (Å²) in [7, 11) is 0. The van der Waals surface area contributed by atoms with Crippen molar-refractivity contribution in [2.45, 2.75) is 6.92 Å². The number of aromatic amines is 1. The number of hydrogen-bond donors (Lipinski definition) is 3. The topological polar surface area (TPSA) is 98.3 Å². The molecular formula is C20H18N4O3. The smallest absolute Gasteiger partial charge is 0.277 e. The average molecular weight is 362 g/mol. The van der Waals surface area contributed by atoms with Gasteiger partial charge in [-0.3, -0.25) is 14.5 Å². The van der Waals surface area contributed by atoms with Gasteiger partial charge in [0.25, 0.3) is 11.8 Å². The number of benzene rings is 2. The summed E-state index contributed by atoms with van der Waals surface area (Å²) in [4.78, 5) is 32.9. The highest BCUT2D eigenvalue weighted by Gasteiger charge is 2.30. The van der Waals surface area contributed by atoms with Crippen LogP contribution in [0.4, 0.5) is 5.69 Å². The van der Waals surface area contributed by atoms with E-state index in [1.165, 1.54) is 6.08 Å². The normalized spacial score (nSPS) is 14.1. The van der Waals surface area contributed by atoms with Crippen molar-refractivity contribution in [1.29, 1.82) is 0 Å². The Morgan fingerprint density at radius 2 is 1.93 bits per heavy atom. The first kappa shape index (κ1) is 17.0. The van der Waals surface area contributed by atoms with Gasteiger partial charge in [-0.25, -0.2) is 4.98 Å². The molecule has 0 aliphatic carbocycles. The van der Waals surface area contributed by atoms with Gasteiger partial charge < -0.3 is 15.4 Å². The van der Waals surface area contributed by atoms with Crippen molar-refractivity contribution in [3.05, 3.63) is 59.8 Å². The van der Waals surface area contributed by atoms with Crippen LogP contribution in [0.15, 0.2) is 54.2 Å². The number of hydrogen-bond acceptors (Lipinski definition) is 5. The van der Waals surface area contributed by atoms with Crippen LogP contribution >= 0.6 is 0 Å². The molecule has 2 aromatic carbocycles. The van der Waals surface area contributed by atoms with E-state index in [9.17, 15) is 9.59 Å². The zero-order valence-electron chi connectivity index (χ0n) is 14.7. The zero-order valence-corrected chi connectivity index (χ0v) is 14.7. The van der Waals surface area contributed by atoms with Crippen LogP contribution in [0, 0.1) is 6.92 Å². The van der Waals surface area contributed by atoms with E-state index in [-0.39, 0.29) is 18.8 Å². The number of imidazole rings is 1. The van der Waals surface area contributed by atoms with Gasteiger partial charge in [0.1, 0.15) is 11.5 Å². The molecule has 0 fully saturated rings. The number of anilines is 1. The first-order chi connectivity index (χ1) is 13.0. The maximum atomic E-state index is 12.2. The number of aliphatic hydroxyl groups excluding tert-OH is 1. The fourth-order valence-electron chi connectivity index (χ4n) is 3.04. The standard InChI is InChI=1S/C20H18N4O3/c1-12-2-7-15-16(10-12)23-19(22-15)13-3-5-14(6-4-13)21-17-11-18(26)24(8-9-25)20(17)27/h2-7,10-11,21,25H,8-9H2,1H3,(H,22,23). The van der Waals surface area contributed by atoms with Gasteiger partial charge in [-0.05, 0) is 48.9 Å². The van der Waals surface area contributed by atoms with Crippen LogP contribution < -0.4 is 5.32 Å². The van der Waals surface area contributed by atoms with Gasteiger partial charge in [-0.15, -0.1) is 0 Å². The molecule has 2 heterocycles. The minimum absolute atomic E-state index is 0.0101. The van der Waals surface area contributed by atoms with Gasteiger partial charge in [-0.1, -0.05) is 6.07 Å². The second kappa shape index (κ2) is 6.69. The number of aromatic nitrogens is 2. The highest BCUT2D eigenvalue weighted by Crippen LogP contribution is 2.24. The Balaban J connectivity index is 1.53. The molecule has 136 valence electrons. The van der Waals surface area contributed by atoms with E-state index < -0.39 is 11.8 Å². The Labute approximate surface area is 155 Å². The molecule has 7 nitrogen and oxygen atoms in total. The number of aliphatic hydroxyl groups is 1. The summed E-state index contributed by atoms with van der Waals surface area (Å²) < 4.78 is 0. The van der Waals surface area contributed by atoms with Crippen LogP contribution in [0.2, 0.25) is 0 Å². The second-order valence-electron chi connectivity index (χ2n) is 6.39. The van der Waals surface area contributed by atoms with Gasteiger partial charge in [0.15, 0.2) is 0 Å². The Kier molecular flexibility index (Phi) is 4.21. The fraction of sp³-hybridized carbons (Fsp3) is 0.150. The van der Waals surface area contributed by atoms with Gasteiger partial charge in [0.05, 0.1) is 24.2 Å². The molecule has 27 heavy (non-hydrogen) atoms. The Morgan fingerprint density at radius 1 is 1.15 bits per heavy atom. The molecule has 1 aliphatic heterocycles. The number of β-amino-alcohol motifs (C(OH)–C–C–N with tert-alkyl or cyclic N) is 1. The summed E-state index contributed by atoms with van der Waals surface area (Å²) in [5.74, 6) is -0.0980. The van der Waals surface area contributed by atoms with E-state index in [4.69, 9.17) is 5.11 Å². The summed E-state index contributed by atoms with van der Waals surface area (Å²) in [6.07, 6.45) is 1.24. The number of aryl methyl sites for hydroxylation is 1. The molecule has 0 bridgehead atoms. The molecule has 7 heteroatoms. The van der Waals surface area contributed by atoms with Crippen LogP contribution in [0.5, 0.6) is 0 Å². The van der Waals surface area contributed by atoms with Crippen LogP contribution in [-0.4, -0.2) is 44.9 Å². The SMILES string of the molecule is Cc1ccc2nc(-c3ccc(NC4=CC(=O)N(CCO)C4=O)cc3)[nH]c2c1. The van der Waals surface area contributed by atoms with Gasteiger partial charge in [0, 0.05) is 17.3 Å². The number of fused-ring (bicyclic) bond motifs is 1. The lowest BCUT2D eigenvalue weighted by molar-refractivity contribution is -0.137. The average Bonchev–Trinajstić information content (AvgIpc) is 3.18. The molecule has 3 N–H and O–H groups in total. The Bertz CT molecular complexity index is 1070. The predicted octanol–water partition coefficient (Wildman–Crippen LogP) is 2.20. The first-order valence-electron chi connectivity index (χ1n) is 8.57. The van der Waals surface area contributed by atoms with Crippen molar-refractivity contribution in [3.8, 4) is 11.4 Å². The van der Waals surface area contributed by atoms with Crippen LogP contribution in [0.25, 0.3) is 22.4 Å². The highest BCUT2D eigenvalue weighted by molar-refractivity contribution is 6.17. The van der Waals surface area contributed by atoms with Crippen LogP contribution in [0.1, 0.15) is 5.56 Å². The minimum Gasteiger partial charge on any atom is -0.395 e. The number of rotatable bonds is 5. The molecule has 3 aromatic rings. The van der Waals surface area contributed by atoms with Crippen molar-refractivity contribution in [1.82, 2.24) is 14.9 Å². The first-order valence-corrected chi connectivity index (χ1v) is 8.57. The summed E-state index contributed by atoms with van der Waals surface area (Å²) >= 11 is 0. The molecule has 4 rings (SSSR count). The van der Waals surface area contributed by atoms with E-state index in [0.717, 1.165) is 32.9 Å². The van der Waals surface area contributed by atoms with Gasteiger partial charge in [0.2, 0.25) is 0 Å². The van der Waals surface area contributed by atoms with Crippen LogP contribution in [0.3, 0.4) is 0 Å². The van der Waals surface area contributed by atoms with Crippen molar-refractivity contribution >= 4 is 28.5 Å². The fourth-order valence-corrected chi connectivity index (χ4v) is 3.04. The largest absolute Gasteiger partial charge is 0.395 e. The number of carbonyl (C=O) groups is 2. The minimum atomic E-state index is -0.439. The third-order valence-electron chi connectivity index (χ3n) is 4.41. The number of H-pyrrole nitrogens is 1. The summed E-state index contributed by atoms with van der Waals surface area (Å²) in [5.41, 5.74) is 4.85. The Hall–Kier alpha value is -3.45. The molecule has 1 aromatic heterocycles. The van der Waals surface area contributed by atoms with Gasteiger partial charge >= 0.3 is 0 Å². The maximum absolute atomic E-state index is 12.2. The zero-order chi connectivity index (χ0) is 19.0. The van der Waals surface area contributed by atoms with Crippen LogP contribution in [-0.2, 0) is 9.59 Å². The lowest BCUT2D eigenvalue weighted by Crippen LogP contribution is -2.34. The molecule has 2 amide bonds. The van der Waals surface area contributed by atoms with Crippen molar-refractivity contribution in [3.63, 3.8) is 0 Å². The third-order valence-corrected chi connectivity index (χ3v) is 4.41. The van der Waals surface area contributed by atoms with E-state index in [2.05, 4.69) is 21.4 Å². The summed E-state index contributed by atoms with van der Waals surface area (Å²) in [6.45, 7) is 1.76. The number of amides is 2. The summed E-state index contributed by atoms with van der Waals surface area (Å²) in [6, 6.07) is 13.5. The molecular weight excluding hydrogens is 344 g/mol. The number of nitrogens with zero attached hydrogens (tertiary/aromatic N) is 2. The second-order valence-corrected chi connectivity index (χ2v) is 6.39. The van der Waals surface area contributed by atoms with E-state index in [1.807, 2.05) is 43.3 Å². The quantitative estimate of drug-likeness (QED) is 0.605. The summed E-state index contributed by atoms with van der Waals surface area (Å²) in [5, 5.41) is 11.9. The van der Waals surface area contributed by atoms with Crippen molar-refractivity contribution < 1.29 is 14.7 Å². The molecule has 0 spiro atoms. The Morgan fingerprint density at radius 3 is 2.67 bits per heavy atom. The third kappa shape index (κ3) is 3.20. The molecule has 0 saturated carbocycles. The maximum Gasteiger partial charge on any atom is 0.277 e. The van der Waals surface area contributed by atoms with E-state index >= 15 is 0 Å². The van der Waals surface area contributed by atoms with Gasteiger partial charge in [-0.2, -0.15) is 0 Å². The number of nitrogens with one attached hydrogen (secondary N) is 2. The lowest BCUT2D eigenvalue weighted by atomic mass is 10.2. The number of carbonyl (C=O) groups excluding carboxylic acids is 2. The lowest BCUT2D eigenvalue weighted by Gasteiger charge is -2.13. The molecule has 0 unspecified atom stereocenters. The van der Waals surface area contributed by atoms with E-state index in [0.29, 0.717) is 5.69 Å². The molecule has 1 aliphatic rings. The highest BCUT2D eigenvalue weighted by atomic mass is 16.3. The predicted molar refractivity (Wildman–Crippen MR) is 102 cm³/mol. The van der Waals surface area contributed by atoms with Crippen molar-refractivity contribution in [2.24, 2.45) is 0 Å².